The Morgan fingerprint density at radius 1 is 1.45 bits per heavy atom. The van der Waals surface area contributed by atoms with Crippen LogP contribution in [0.1, 0.15) is 16.1 Å². The summed E-state index contributed by atoms with van der Waals surface area (Å²) in [7, 11) is 0. The van der Waals surface area contributed by atoms with Crippen molar-refractivity contribution in [3.05, 3.63) is 45.8 Å². The lowest BCUT2D eigenvalue weighted by atomic mass is 10.2. The third-order valence-corrected chi connectivity index (χ3v) is 3.27. The normalized spacial score (nSPS) is 10.3. The number of hydrogen-bond donors (Lipinski definition) is 3. The number of nitrogens with zero attached hydrogens (tertiary/aromatic N) is 1. The molecule has 0 unspecified atom stereocenters. The molecule has 0 atom stereocenters. The first-order valence-electron chi connectivity index (χ1n) is 5.61. The lowest BCUT2D eigenvalue weighted by Gasteiger charge is -2.12. The Hall–Kier alpha value is -2.15. The van der Waals surface area contributed by atoms with E-state index >= 15 is 0 Å². The van der Waals surface area contributed by atoms with E-state index in [9.17, 15) is 9.18 Å². The maximum Gasteiger partial charge on any atom is 0.354 e. The van der Waals surface area contributed by atoms with E-state index in [0.717, 1.165) is 0 Å². The van der Waals surface area contributed by atoms with Crippen molar-refractivity contribution in [3.63, 3.8) is 0 Å². The lowest BCUT2D eigenvalue weighted by Crippen LogP contribution is -2.06. The number of aromatic carboxylic acids is 1. The Labute approximate surface area is 122 Å². The predicted molar refractivity (Wildman–Crippen MR) is 77.7 cm³/mol. The van der Waals surface area contributed by atoms with Gasteiger partial charge in [0, 0.05) is 5.69 Å². The smallest absolute Gasteiger partial charge is 0.354 e. The first kappa shape index (κ1) is 14.3. The van der Waals surface area contributed by atoms with Gasteiger partial charge in [0.15, 0.2) is 11.5 Å². The van der Waals surface area contributed by atoms with Gasteiger partial charge >= 0.3 is 5.97 Å². The molecule has 0 aliphatic heterocycles. The van der Waals surface area contributed by atoms with E-state index < -0.39 is 5.97 Å². The average molecular weight is 340 g/mol. The van der Waals surface area contributed by atoms with Crippen LogP contribution in [0.5, 0.6) is 0 Å². The van der Waals surface area contributed by atoms with Gasteiger partial charge in [-0.25, -0.2) is 14.2 Å². The lowest BCUT2D eigenvalue weighted by molar-refractivity contribution is 0.0690. The molecule has 0 aliphatic carbocycles. The maximum absolute atomic E-state index is 13.4. The van der Waals surface area contributed by atoms with Crippen LogP contribution in [-0.2, 0) is 0 Å². The molecule has 104 valence electrons. The molecule has 2 aromatic rings. The Kier molecular flexibility index (Phi) is 3.89. The highest BCUT2D eigenvalue weighted by Crippen LogP contribution is 2.28. The van der Waals surface area contributed by atoms with Gasteiger partial charge < -0.3 is 16.2 Å². The molecule has 0 spiro atoms. The highest BCUT2D eigenvalue weighted by atomic mass is 79.9. The van der Waals surface area contributed by atoms with Crippen LogP contribution < -0.4 is 11.1 Å². The molecular formula is C13H11BrFN3O2. The monoisotopic (exact) mass is 339 g/mol. The SMILES string of the molecule is Cc1cc(F)c(Br)cc1Nc1nc(C(=O)O)ccc1N. The summed E-state index contributed by atoms with van der Waals surface area (Å²) < 4.78 is 13.6. The van der Waals surface area contributed by atoms with E-state index in [2.05, 4.69) is 26.2 Å². The first-order chi connectivity index (χ1) is 9.38. The van der Waals surface area contributed by atoms with E-state index in [-0.39, 0.29) is 17.3 Å². The number of nitrogens with one attached hydrogen (secondary N) is 1. The van der Waals surface area contributed by atoms with E-state index in [0.29, 0.717) is 21.4 Å². The summed E-state index contributed by atoms with van der Waals surface area (Å²) in [5, 5.41) is 11.8. The number of carboxylic acids is 1. The summed E-state index contributed by atoms with van der Waals surface area (Å²) in [5.41, 5.74) is 7.16. The molecule has 0 fully saturated rings. The molecule has 5 nitrogen and oxygen atoms in total. The number of aryl methyl sites for hydroxylation is 1. The molecule has 1 aromatic heterocycles. The number of aromatic nitrogens is 1. The van der Waals surface area contributed by atoms with Gasteiger partial charge in [-0.2, -0.15) is 0 Å². The van der Waals surface area contributed by atoms with Gasteiger partial charge in [0.2, 0.25) is 0 Å². The number of pyridine rings is 1. The number of rotatable bonds is 3. The van der Waals surface area contributed by atoms with Crippen LogP contribution in [0.4, 0.5) is 21.6 Å². The van der Waals surface area contributed by atoms with Crippen molar-refractivity contribution < 1.29 is 14.3 Å². The van der Waals surface area contributed by atoms with Gasteiger partial charge in [-0.1, -0.05) is 0 Å². The molecule has 0 radical (unpaired) electrons. The van der Waals surface area contributed by atoms with Gasteiger partial charge in [-0.15, -0.1) is 0 Å². The number of nitrogens with two attached hydrogens (primary N) is 1. The zero-order valence-corrected chi connectivity index (χ0v) is 12.0. The number of nitrogen functional groups attached to an aromatic ring is 1. The number of hydrogen-bond acceptors (Lipinski definition) is 4. The zero-order chi connectivity index (χ0) is 14.9. The summed E-state index contributed by atoms with van der Waals surface area (Å²) in [6, 6.07) is 5.66. The minimum absolute atomic E-state index is 0.125. The van der Waals surface area contributed by atoms with E-state index in [1.54, 1.807) is 13.0 Å². The van der Waals surface area contributed by atoms with Crippen LogP contribution in [-0.4, -0.2) is 16.1 Å². The summed E-state index contributed by atoms with van der Waals surface area (Å²) in [6.45, 7) is 1.72. The number of carbonyl (C=O) groups is 1. The van der Waals surface area contributed by atoms with Crippen molar-refractivity contribution in [1.82, 2.24) is 4.98 Å². The summed E-state index contributed by atoms with van der Waals surface area (Å²) >= 11 is 3.09. The highest BCUT2D eigenvalue weighted by Gasteiger charge is 2.11. The van der Waals surface area contributed by atoms with Gasteiger partial charge in [-0.05, 0) is 52.7 Å². The van der Waals surface area contributed by atoms with E-state index in [1.807, 2.05) is 0 Å². The van der Waals surface area contributed by atoms with Crippen LogP contribution in [0.3, 0.4) is 0 Å². The summed E-state index contributed by atoms with van der Waals surface area (Å²) in [4.78, 5) is 14.8. The molecule has 20 heavy (non-hydrogen) atoms. The molecule has 0 amide bonds. The van der Waals surface area contributed by atoms with Gasteiger partial charge in [-0.3, -0.25) is 0 Å². The molecule has 0 saturated heterocycles. The second-order valence-corrected chi connectivity index (χ2v) is 5.00. The van der Waals surface area contributed by atoms with Crippen LogP contribution in [0.25, 0.3) is 0 Å². The Morgan fingerprint density at radius 2 is 2.15 bits per heavy atom. The van der Waals surface area contributed by atoms with Crippen molar-refractivity contribution in [2.24, 2.45) is 0 Å². The minimum Gasteiger partial charge on any atom is -0.477 e. The molecule has 7 heteroatoms. The van der Waals surface area contributed by atoms with Crippen molar-refractivity contribution in [1.29, 1.82) is 0 Å². The molecule has 2 rings (SSSR count). The third kappa shape index (κ3) is 2.88. The van der Waals surface area contributed by atoms with Crippen LogP contribution in [0.2, 0.25) is 0 Å². The topological polar surface area (TPSA) is 88.2 Å². The standard InChI is InChI=1S/C13H11BrFN3O2/c1-6-4-8(15)7(14)5-11(6)18-12-9(16)2-3-10(17-12)13(19)20/h2-5H,16H2,1H3,(H,17,18)(H,19,20). The largest absolute Gasteiger partial charge is 0.477 e. The highest BCUT2D eigenvalue weighted by molar-refractivity contribution is 9.10. The van der Waals surface area contributed by atoms with Crippen molar-refractivity contribution in [2.75, 3.05) is 11.1 Å². The van der Waals surface area contributed by atoms with Crippen LogP contribution in [0.15, 0.2) is 28.7 Å². The van der Waals surface area contributed by atoms with Crippen LogP contribution in [0, 0.1) is 12.7 Å². The number of anilines is 3. The molecule has 0 bridgehead atoms. The molecule has 1 aromatic carbocycles. The first-order valence-corrected chi connectivity index (χ1v) is 6.40. The third-order valence-electron chi connectivity index (χ3n) is 2.67. The predicted octanol–water partition coefficient (Wildman–Crippen LogP) is 3.32. The fraction of sp³-hybridized carbons (Fsp3) is 0.0769. The Balaban J connectivity index is 2.42. The fourth-order valence-electron chi connectivity index (χ4n) is 1.60. The van der Waals surface area contributed by atoms with Gasteiger partial charge in [0.1, 0.15) is 5.82 Å². The van der Waals surface area contributed by atoms with Crippen molar-refractivity contribution >= 4 is 39.1 Å². The Bertz CT molecular complexity index is 692. The number of benzene rings is 1. The molecule has 0 aliphatic rings. The molecule has 1 heterocycles. The Morgan fingerprint density at radius 3 is 2.80 bits per heavy atom. The zero-order valence-electron chi connectivity index (χ0n) is 10.4. The number of halogens is 2. The van der Waals surface area contributed by atoms with Gasteiger partial charge in [0.05, 0.1) is 10.2 Å². The van der Waals surface area contributed by atoms with Gasteiger partial charge in [0.25, 0.3) is 0 Å². The molecular weight excluding hydrogens is 329 g/mol. The maximum atomic E-state index is 13.4. The minimum atomic E-state index is -1.15. The summed E-state index contributed by atoms with van der Waals surface area (Å²) in [6.07, 6.45) is 0. The quantitative estimate of drug-likeness (QED) is 0.798. The second kappa shape index (κ2) is 5.46. The van der Waals surface area contributed by atoms with E-state index in [1.165, 1.54) is 18.2 Å². The van der Waals surface area contributed by atoms with E-state index in [4.69, 9.17) is 10.8 Å². The fourth-order valence-corrected chi connectivity index (χ4v) is 1.94. The summed E-state index contributed by atoms with van der Waals surface area (Å²) in [5.74, 6) is -1.31. The second-order valence-electron chi connectivity index (χ2n) is 4.15. The molecule has 0 saturated carbocycles. The van der Waals surface area contributed by atoms with Crippen molar-refractivity contribution in [2.45, 2.75) is 6.92 Å². The van der Waals surface area contributed by atoms with Crippen LogP contribution >= 0.6 is 15.9 Å². The molecule has 4 N–H and O–H groups in total. The number of carboxylic acid groups (broad SMARTS) is 1. The van der Waals surface area contributed by atoms with Crippen molar-refractivity contribution in [3.8, 4) is 0 Å². The average Bonchev–Trinajstić information content (AvgIpc) is 2.38.